The molecule has 94 valence electrons. The summed E-state index contributed by atoms with van der Waals surface area (Å²) in [5.74, 6) is 0.0128. The molecule has 1 fully saturated rings. The lowest BCUT2D eigenvalue weighted by atomic mass is 10.1. The molecule has 1 heterocycles. The molecule has 1 atom stereocenters. The first kappa shape index (κ1) is 15.4. The summed E-state index contributed by atoms with van der Waals surface area (Å²) in [7, 11) is 1.62. The molecule has 0 radical (unpaired) electrons. The molecule has 16 heavy (non-hydrogen) atoms. The van der Waals surface area contributed by atoms with Crippen molar-refractivity contribution in [3.63, 3.8) is 0 Å². The summed E-state index contributed by atoms with van der Waals surface area (Å²) in [5, 5.41) is 2.57. The van der Waals surface area contributed by atoms with Gasteiger partial charge in [0.25, 0.3) is 0 Å². The van der Waals surface area contributed by atoms with Crippen molar-refractivity contribution in [3.05, 3.63) is 0 Å². The van der Waals surface area contributed by atoms with Crippen molar-refractivity contribution < 1.29 is 9.59 Å². The number of carbonyl (C=O) groups excluding carboxylic acids is 2. The molecule has 0 aromatic carbocycles. The van der Waals surface area contributed by atoms with Gasteiger partial charge in [0.05, 0.1) is 6.04 Å². The number of aldehydes is 1. The van der Waals surface area contributed by atoms with Crippen molar-refractivity contribution in [2.75, 3.05) is 20.1 Å². The van der Waals surface area contributed by atoms with E-state index in [0.717, 1.165) is 19.4 Å². The molecule has 1 aliphatic heterocycles. The minimum absolute atomic E-state index is 0. The number of nitrogens with one attached hydrogen (secondary N) is 1. The summed E-state index contributed by atoms with van der Waals surface area (Å²) in [6.07, 6.45) is 5.67. The largest absolute Gasteiger partial charge is 0.359 e. The molecule has 1 aliphatic rings. The first-order chi connectivity index (χ1) is 7.27. The Balaban J connectivity index is 0.00000225. The van der Waals surface area contributed by atoms with Crippen molar-refractivity contribution in [2.24, 2.45) is 0 Å². The van der Waals surface area contributed by atoms with E-state index in [9.17, 15) is 9.59 Å². The van der Waals surface area contributed by atoms with Crippen molar-refractivity contribution in [1.29, 1.82) is 0 Å². The zero-order chi connectivity index (χ0) is 11.1. The van der Waals surface area contributed by atoms with Crippen LogP contribution in [0.25, 0.3) is 0 Å². The van der Waals surface area contributed by atoms with Crippen LogP contribution >= 0.6 is 13.5 Å². The Labute approximate surface area is 104 Å². The first-order valence-electron chi connectivity index (χ1n) is 5.68. The van der Waals surface area contributed by atoms with E-state index in [-0.39, 0.29) is 25.4 Å². The summed E-state index contributed by atoms with van der Waals surface area (Å²) < 4.78 is 0. The summed E-state index contributed by atoms with van der Waals surface area (Å²) in [5.41, 5.74) is 0. The van der Waals surface area contributed by atoms with Crippen LogP contribution in [0.4, 0.5) is 0 Å². The van der Waals surface area contributed by atoms with Crippen LogP contribution in [0.15, 0.2) is 0 Å². The van der Waals surface area contributed by atoms with Gasteiger partial charge in [0.2, 0.25) is 5.91 Å². The molecule has 0 aliphatic carbocycles. The van der Waals surface area contributed by atoms with Crippen LogP contribution in [0, 0.1) is 0 Å². The second kappa shape index (κ2) is 8.58. The highest BCUT2D eigenvalue weighted by atomic mass is 32.1. The minimum Gasteiger partial charge on any atom is -0.359 e. The quantitative estimate of drug-likeness (QED) is 0.726. The molecule has 0 aromatic heterocycles. The van der Waals surface area contributed by atoms with Gasteiger partial charge in [-0.05, 0) is 32.4 Å². The number of hydrogen-bond acceptors (Lipinski definition) is 3. The summed E-state index contributed by atoms with van der Waals surface area (Å²) in [6.45, 7) is 1.99. The van der Waals surface area contributed by atoms with Crippen molar-refractivity contribution in [2.45, 2.75) is 38.1 Å². The molecule has 1 N–H and O–H groups in total. The number of carbonyl (C=O) groups is 2. The second-order valence-electron chi connectivity index (χ2n) is 4.01. The monoisotopic (exact) mass is 246 g/mol. The van der Waals surface area contributed by atoms with Crippen LogP contribution in [-0.4, -0.2) is 43.3 Å². The van der Waals surface area contributed by atoms with Gasteiger partial charge in [0, 0.05) is 13.5 Å². The SMILES string of the molecule is CNC(=O)CCC(C=O)N1CCCCC1.S. The highest BCUT2D eigenvalue weighted by Crippen LogP contribution is 2.14. The lowest BCUT2D eigenvalue weighted by Crippen LogP contribution is -2.40. The van der Waals surface area contributed by atoms with Gasteiger partial charge in [-0.1, -0.05) is 6.42 Å². The van der Waals surface area contributed by atoms with E-state index in [1.54, 1.807) is 7.05 Å². The third-order valence-electron chi connectivity index (χ3n) is 2.96. The second-order valence-corrected chi connectivity index (χ2v) is 4.01. The molecule has 1 amide bonds. The Hall–Kier alpha value is -0.550. The minimum atomic E-state index is -0.0670. The van der Waals surface area contributed by atoms with Gasteiger partial charge in [0.15, 0.2) is 0 Å². The lowest BCUT2D eigenvalue weighted by Gasteiger charge is -2.31. The highest BCUT2D eigenvalue weighted by Gasteiger charge is 2.20. The molecule has 0 aromatic rings. The molecule has 1 rings (SSSR count). The van der Waals surface area contributed by atoms with Gasteiger partial charge in [-0.15, -0.1) is 0 Å². The molecular formula is C11H22N2O2S. The number of hydrogen-bond donors (Lipinski definition) is 1. The fraction of sp³-hybridized carbons (Fsp3) is 0.818. The van der Waals surface area contributed by atoms with Crippen LogP contribution in [0.3, 0.4) is 0 Å². The number of likely N-dealkylation sites (tertiary alicyclic amines) is 1. The predicted molar refractivity (Wildman–Crippen MR) is 69.0 cm³/mol. The van der Waals surface area contributed by atoms with E-state index in [1.165, 1.54) is 19.3 Å². The Morgan fingerprint density at radius 2 is 2.00 bits per heavy atom. The van der Waals surface area contributed by atoms with Crippen molar-refractivity contribution in [3.8, 4) is 0 Å². The standard InChI is InChI=1S/C11H20N2O2.H2S/c1-12-11(15)6-5-10(9-14)13-7-3-2-4-8-13;/h9-10H,2-8H2,1H3,(H,12,15);1H2. The molecular weight excluding hydrogens is 224 g/mol. The molecule has 4 nitrogen and oxygen atoms in total. The van der Waals surface area contributed by atoms with Gasteiger partial charge >= 0.3 is 0 Å². The lowest BCUT2D eigenvalue weighted by molar-refractivity contribution is -0.121. The molecule has 5 heteroatoms. The summed E-state index contributed by atoms with van der Waals surface area (Å²) >= 11 is 0. The maximum absolute atomic E-state index is 11.1. The predicted octanol–water partition coefficient (Wildman–Crippen LogP) is 0.679. The van der Waals surface area contributed by atoms with E-state index in [1.807, 2.05) is 0 Å². The van der Waals surface area contributed by atoms with Gasteiger partial charge in [-0.2, -0.15) is 13.5 Å². The highest BCUT2D eigenvalue weighted by molar-refractivity contribution is 7.59. The number of rotatable bonds is 5. The van der Waals surface area contributed by atoms with Crippen LogP contribution < -0.4 is 5.32 Å². The number of piperidine rings is 1. The van der Waals surface area contributed by atoms with E-state index in [4.69, 9.17) is 0 Å². The van der Waals surface area contributed by atoms with E-state index in [2.05, 4.69) is 10.2 Å². The number of nitrogens with zero attached hydrogens (tertiary/aromatic N) is 1. The smallest absolute Gasteiger partial charge is 0.219 e. The topological polar surface area (TPSA) is 49.4 Å². The molecule has 0 spiro atoms. The summed E-state index contributed by atoms with van der Waals surface area (Å²) in [4.78, 5) is 24.2. The zero-order valence-corrected chi connectivity index (χ0v) is 10.9. The number of amides is 1. The molecule has 1 saturated heterocycles. The average molecular weight is 246 g/mol. The van der Waals surface area contributed by atoms with Gasteiger partial charge in [-0.25, -0.2) is 0 Å². The van der Waals surface area contributed by atoms with E-state index >= 15 is 0 Å². The Morgan fingerprint density at radius 1 is 1.38 bits per heavy atom. The third-order valence-corrected chi connectivity index (χ3v) is 2.96. The van der Waals surface area contributed by atoms with Gasteiger partial charge in [-0.3, -0.25) is 9.69 Å². The molecule has 0 bridgehead atoms. The Kier molecular flexibility index (Phi) is 8.29. The maximum Gasteiger partial charge on any atom is 0.219 e. The fourth-order valence-corrected chi connectivity index (χ4v) is 1.99. The third kappa shape index (κ3) is 4.99. The van der Waals surface area contributed by atoms with Crippen molar-refractivity contribution >= 4 is 25.7 Å². The van der Waals surface area contributed by atoms with Crippen LogP contribution in [0.1, 0.15) is 32.1 Å². The van der Waals surface area contributed by atoms with Crippen LogP contribution in [0.5, 0.6) is 0 Å². The maximum atomic E-state index is 11.1. The first-order valence-corrected chi connectivity index (χ1v) is 5.68. The van der Waals surface area contributed by atoms with Gasteiger partial charge < -0.3 is 10.1 Å². The fourth-order valence-electron chi connectivity index (χ4n) is 1.99. The molecule has 0 saturated carbocycles. The molecule has 1 unspecified atom stereocenters. The van der Waals surface area contributed by atoms with Gasteiger partial charge in [0.1, 0.15) is 6.29 Å². The zero-order valence-electron chi connectivity index (χ0n) is 9.87. The Bertz CT molecular complexity index is 218. The van der Waals surface area contributed by atoms with Crippen LogP contribution in [-0.2, 0) is 9.59 Å². The van der Waals surface area contributed by atoms with Crippen molar-refractivity contribution in [1.82, 2.24) is 10.2 Å². The average Bonchev–Trinajstić information content (AvgIpc) is 2.31. The van der Waals surface area contributed by atoms with Crippen LogP contribution in [0.2, 0.25) is 0 Å². The van der Waals surface area contributed by atoms with E-state index < -0.39 is 0 Å². The van der Waals surface area contributed by atoms with E-state index in [0.29, 0.717) is 12.8 Å². The Morgan fingerprint density at radius 3 is 2.50 bits per heavy atom. The summed E-state index contributed by atoms with van der Waals surface area (Å²) in [6, 6.07) is -0.0670. The normalized spacial score (nSPS) is 18.3.